The molecule has 0 bridgehead atoms. The summed E-state index contributed by atoms with van der Waals surface area (Å²) in [6.45, 7) is 10.8. The summed E-state index contributed by atoms with van der Waals surface area (Å²) in [5, 5.41) is 2.45. The highest BCUT2D eigenvalue weighted by Crippen LogP contribution is 2.37. The summed E-state index contributed by atoms with van der Waals surface area (Å²) in [7, 11) is 0. The molecule has 2 aromatic rings. The Labute approximate surface area is 213 Å². The maximum absolute atomic E-state index is 6.49. The third kappa shape index (κ3) is 7.38. The average Bonchev–Trinajstić information content (AvgIpc) is 3.07. The predicted octanol–water partition coefficient (Wildman–Crippen LogP) is 8.52. The summed E-state index contributed by atoms with van der Waals surface area (Å²) in [4.78, 5) is 6.09. The van der Waals surface area contributed by atoms with E-state index >= 15 is 0 Å². The number of ether oxygens (including phenoxy) is 2. The molecule has 0 saturated heterocycles. The van der Waals surface area contributed by atoms with Gasteiger partial charge >= 0.3 is 0 Å². The minimum atomic E-state index is -0.436. The highest BCUT2D eigenvalue weighted by atomic mass is 35.5. The molecule has 0 radical (unpaired) electrons. The van der Waals surface area contributed by atoms with E-state index in [1.807, 2.05) is 12.1 Å². The predicted molar refractivity (Wildman–Crippen MR) is 139 cm³/mol. The largest absolute Gasteiger partial charge is 0.350 e. The lowest BCUT2D eigenvalue weighted by Crippen LogP contribution is -2.37. The average molecular weight is 514 g/mol. The number of aromatic nitrogens is 2. The van der Waals surface area contributed by atoms with Crippen LogP contribution in [0.5, 0.6) is 0 Å². The maximum Gasteiger partial charge on any atom is 0.168 e. The van der Waals surface area contributed by atoms with Crippen molar-refractivity contribution in [1.82, 2.24) is 9.55 Å². The Morgan fingerprint density at radius 2 is 1.64 bits per heavy atom. The Bertz CT molecular complexity index is 872. The number of rotatable bonds is 10. The SMILES string of the molecule is CCOC1(OCCc2nc(C(C)C)c(Sc3cc(Cl)cc(Cl)c3)n2CC)CCCCCCC1. The molecule has 0 aliphatic heterocycles. The second kappa shape index (κ2) is 12.8. The van der Waals surface area contributed by atoms with Gasteiger partial charge in [-0.15, -0.1) is 0 Å². The second-order valence-corrected chi connectivity index (χ2v) is 11.0. The van der Waals surface area contributed by atoms with Gasteiger partial charge < -0.3 is 14.0 Å². The fourth-order valence-electron chi connectivity index (χ4n) is 4.57. The molecule has 1 fully saturated rings. The number of benzene rings is 1. The van der Waals surface area contributed by atoms with E-state index in [0.717, 1.165) is 47.2 Å². The van der Waals surface area contributed by atoms with E-state index in [0.29, 0.717) is 29.2 Å². The summed E-state index contributed by atoms with van der Waals surface area (Å²) in [5.41, 5.74) is 1.11. The van der Waals surface area contributed by atoms with Gasteiger partial charge in [0.25, 0.3) is 0 Å². The van der Waals surface area contributed by atoms with Crippen LogP contribution >= 0.6 is 35.0 Å². The third-order valence-corrected chi connectivity index (χ3v) is 7.68. The van der Waals surface area contributed by atoms with Crippen LogP contribution in [0.3, 0.4) is 0 Å². The van der Waals surface area contributed by atoms with Gasteiger partial charge in [0.15, 0.2) is 5.79 Å². The molecule has 184 valence electrons. The van der Waals surface area contributed by atoms with Crippen molar-refractivity contribution in [2.45, 2.75) is 107 Å². The molecule has 1 aromatic heterocycles. The number of nitrogens with zero attached hydrogens (tertiary/aromatic N) is 2. The van der Waals surface area contributed by atoms with Gasteiger partial charge in [-0.3, -0.25) is 0 Å². The first-order chi connectivity index (χ1) is 15.9. The van der Waals surface area contributed by atoms with Gasteiger partial charge in [-0.25, -0.2) is 4.98 Å². The summed E-state index contributed by atoms with van der Waals surface area (Å²) in [6, 6.07) is 5.68. The number of hydrogen-bond donors (Lipinski definition) is 0. The normalized spacial score (nSPS) is 16.7. The van der Waals surface area contributed by atoms with Crippen LogP contribution in [-0.4, -0.2) is 28.6 Å². The fourth-order valence-corrected chi connectivity index (χ4v) is 6.55. The molecule has 3 rings (SSSR count). The smallest absolute Gasteiger partial charge is 0.168 e. The van der Waals surface area contributed by atoms with Crippen LogP contribution in [0, 0.1) is 0 Å². The van der Waals surface area contributed by atoms with Crippen molar-refractivity contribution in [3.8, 4) is 0 Å². The van der Waals surface area contributed by atoms with E-state index in [4.69, 9.17) is 37.7 Å². The molecule has 1 aliphatic carbocycles. The molecule has 7 heteroatoms. The van der Waals surface area contributed by atoms with E-state index in [-0.39, 0.29) is 0 Å². The standard InChI is InChI=1S/C26H38Cl2N2O2S/c1-5-30-23(12-15-32-26(31-6-2)13-10-8-7-9-11-14-26)29-24(19(3)4)25(30)33-22-17-20(27)16-21(28)18-22/h16-19H,5-15H2,1-4H3. The number of imidazole rings is 1. The molecule has 4 nitrogen and oxygen atoms in total. The van der Waals surface area contributed by atoms with Crippen LogP contribution in [0.4, 0.5) is 0 Å². The first kappa shape index (κ1) is 26.9. The van der Waals surface area contributed by atoms with Gasteiger partial charge in [0.1, 0.15) is 10.9 Å². The van der Waals surface area contributed by atoms with Crippen LogP contribution in [0.1, 0.15) is 90.1 Å². The van der Waals surface area contributed by atoms with Crippen molar-refractivity contribution in [3.05, 3.63) is 39.8 Å². The van der Waals surface area contributed by atoms with Crippen LogP contribution < -0.4 is 0 Å². The molecule has 1 saturated carbocycles. The quantitative estimate of drug-likeness (QED) is 0.298. The van der Waals surface area contributed by atoms with Crippen LogP contribution in [0.2, 0.25) is 10.0 Å². The van der Waals surface area contributed by atoms with Crippen molar-refractivity contribution in [1.29, 1.82) is 0 Å². The molecule has 0 spiro atoms. The van der Waals surface area contributed by atoms with Crippen molar-refractivity contribution in [2.24, 2.45) is 0 Å². The zero-order valence-corrected chi connectivity index (χ0v) is 22.8. The molecular formula is C26H38Cl2N2O2S. The Morgan fingerprint density at radius 1 is 1.00 bits per heavy atom. The zero-order chi connectivity index (χ0) is 23.8. The van der Waals surface area contributed by atoms with Gasteiger partial charge in [-0.05, 0) is 50.8 Å². The summed E-state index contributed by atoms with van der Waals surface area (Å²) < 4.78 is 15.0. The molecule has 0 atom stereocenters. The van der Waals surface area contributed by atoms with Gasteiger partial charge in [0.2, 0.25) is 0 Å². The van der Waals surface area contributed by atoms with E-state index < -0.39 is 5.79 Å². The zero-order valence-electron chi connectivity index (χ0n) is 20.5. The lowest BCUT2D eigenvalue weighted by molar-refractivity contribution is -0.245. The fraction of sp³-hybridized carbons (Fsp3) is 0.654. The molecule has 1 aromatic carbocycles. The lowest BCUT2D eigenvalue weighted by Gasteiger charge is -2.35. The van der Waals surface area contributed by atoms with E-state index in [2.05, 4.69) is 32.3 Å². The minimum absolute atomic E-state index is 0.315. The Morgan fingerprint density at radius 3 is 2.21 bits per heavy atom. The van der Waals surface area contributed by atoms with Gasteiger partial charge in [0, 0.05) is 47.4 Å². The number of hydrogen-bond acceptors (Lipinski definition) is 4. The van der Waals surface area contributed by atoms with E-state index in [9.17, 15) is 0 Å². The van der Waals surface area contributed by atoms with Gasteiger partial charge in [-0.1, -0.05) is 68.1 Å². The highest BCUT2D eigenvalue weighted by Gasteiger charge is 2.32. The maximum atomic E-state index is 6.49. The molecular weight excluding hydrogens is 475 g/mol. The topological polar surface area (TPSA) is 36.3 Å². The van der Waals surface area contributed by atoms with Crippen molar-refractivity contribution >= 4 is 35.0 Å². The van der Waals surface area contributed by atoms with Crippen molar-refractivity contribution < 1.29 is 9.47 Å². The molecule has 33 heavy (non-hydrogen) atoms. The van der Waals surface area contributed by atoms with Crippen molar-refractivity contribution in [2.75, 3.05) is 13.2 Å². The highest BCUT2D eigenvalue weighted by molar-refractivity contribution is 7.99. The first-order valence-corrected chi connectivity index (χ1v) is 14.0. The van der Waals surface area contributed by atoms with Gasteiger partial charge in [-0.2, -0.15) is 0 Å². The monoisotopic (exact) mass is 512 g/mol. The number of halogens is 2. The summed E-state index contributed by atoms with van der Waals surface area (Å²) in [5.74, 6) is 0.943. The molecule has 0 N–H and O–H groups in total. The van der Waals surface area contributed by atoms with E-state index in [1.54, 1.807) is 17.8 Å². The van der Waals surface area contributed by atoms with Crippen LogP contribution in [0.25, 0.3) is 0 Å². The summed E-state index contributed by atoms with van der Waals surface area (Å²) >= 11 is 14.2. The Kier molecular flexibility index (Phi) is 10.4. The molecule has 0 amide bonds. The minimum Gasteiger partial charge on any atom is -0.350 e. The second-order valence-electron chi connectivity index (χ2n) is 9.03. The van der Waals surface area contributed by atoms with Crippen molar-refractivity contribution in [3.63, 3.8) is 0 Å². The summed E-state index contributed by atoms with van der Waals surface area (Å²) in [6.07, 6.45) is 8.93. The van der Waals surface area contributed by atoms with Crippen LogP contribution in [0.15, 0.2) is 28.1 Å². The first-order valence-electron chi connectivity index (χ1n) is 12.4. The van der Waals surface area contributed by atoms with Crippen LogP contribution in [-0.2, 0) is 22.4 Å². The molecule has 1 aliphatic rings. The molecule has 0 unspecified atom stereocenters. The Balaban J connectivity index is 1.79. The Hall–Kier alpha value is -0.720. The molecule has 1 heterocycles. The van der Waals surface area contributed by atoms with E-state index in [1.165, 1.54) is 32.1 Å². The lowest BCUT2D eigenvalue weighted by atomic mass is 9.95. The third-order valence-electron chi connectivity index (χ3n) is 6.15. The van der Waals surface area contributed by atoms with Gasteiger partial charge in [0.05, 0.1) is 12.3 Å².